The van der Waals surface area contributed by atoms with Gasteiger partial charge in [-0.15, -0.1) is 0 Å². The molecule has 0 aromatic heterocycles. The van der Waals surface area contributed by atoms with Crippen LogP contribution in [0.5, 0.6) is 0 Å². The van der Waals surface area contributed by atoms with Gasteiger partial charge >= 0.3 is 12.1 Å². The second kappa shape index (κ2) is 15.3. The summed E-state index contributed by atoms with van der Waals surface area (Å²) in [6.07, 6.45) is 7.70. The number of anilines is 1. The van der Waals surface area contributed by atoms with E-state index in [0.717, 1.165) is 32.1 Å². The van der Waals surface area contributed by atoms with Crippen LogP contribution in [0.4, 0.5) is 14.9 Å². The molecule has 1 saturated heterocycles. The van der Waals surface area contributed by atoms with Crippen LogP contribution in [0.25, 0.3) is 0 Å². The smallest absolute Gasteiger partial charge is 0.407 e. The minimum Gasteiger partial charge on any atom is -0.478 e. The van der Waals surface area contributed by atoms with Crippen LogP contribution in [0.1, 0.15) is 102 Å². The normalized spacial score (nSPS) is 20.9. The lowest BCUT2D eigenvalue weighted by atomic mass is 9.76. The molecule has 3 amide bonds. The van der Waals surface area contributed by atoms with Crippen LogP contribution in [-0.2, 0) is 14.3 Å². The summed E-state index contributed by atoms with van der Waals surface area (Å²) in [5.41, 5.74) is -0.0537. The van der Waals surface area contributed by atoms with Gasteiger partial charge in [0.2, 0.25) is 11.8 Å². The highest BCUT2D eigenvalue weighted by molar-refractivity contribution is 5.98. The zero-order valence-electron chi connectivity index (χ0n) is 25.5. The molecule has 234 valence electrons. The molecule has 4 atom stereocenters. The number of benzene rings is 1. The van der Waals surface area contributed by atoms with Gasteiger partial charge in [0.1, 0.15) is 18.3 Å². The summed E-state index contributed by atoms with van der Waals surface area (Å²) in [6, 6.07) is 4.74. The summed E-state index contributed by atoms with van der Waals surface area (Å²) < 4.78 is 18.9. The summed E-state index contributed by atoms with van der Waals surface area (Å²) >= 11 is 0. The van der Waals surface area contributed by atoms with Gasteiger partial charge in [0.15, 0.2) is 0 Å². The number of hydrogen-bond acceptors (Lipinski definition) is 5. The average Bonchev–Trinajstić information content (AvgIpc) is 3.39. The van der Waals surface area contributed by atoms with E-state index in [-0.39, 0.29) is 29.2 Å². The number of nitrogens with one attached hydrogen (secondary N) is 2. The van der Waals surface area contributed by atoms with Crippen LogP contribution in [0, 0.1) is 17.8 Å². The molecule has 1 aromatic carbocycles. The van der Waals surface area contributed by atoms with Crippen molar-refractivity contribution in [2.45, 2.75) is 110 Å². The third-order valence-electron chi connectivity index (χ3n) is 8.51. The molecule has 3 rings (SSSR count). The number of carboxylic acids is 1. The van der Waals surface area contributed by atoms with E-state index < -0.39 is 36.4 Å². The number of amides is 3. The van der Waals surface area contributed by atoms with Crippen molar-refractivity contribution in [3.8, 4) is 0 Å². The summed E-state index contributed by atoms with van der Waals surface area (Å²) in [7, 11) is 0. The Balaban J connectivity index is 1.68. The average molecular weight is 590 g/mol. The van der Waals surface area contributed by atoms with Crippen LogP contribution in [0.15, 0.2) is 24.3 Å². The predicted octanol–water partition coefficient (Wildman–Crippen LogP) is 6.18. The molecule has 2 aliphatic rings. The van der Waals surface area contributed by atoms with Gasteiger partial charge in [-0.05, 0) is 82.6 Å². The lowest BCUT2D eigenvalue weighted by molar-refractivity contribution is -0.141. The van der Waals surface area contributed by atoms with E-state index in [1.54, 1.807) is 37.8 Å². The van der Waals surface area contributed by atoms with Crippen molar-refractivity contribution in [1.82, 2.24) is 10.2 Å². The van der Waals surface area contributed by atoms with Gasteiger partial charge in [0.05, 0.1) is 11.6 Å². The van der Waals surface area contributed by atoms with E-state index in [1.165, 1.54) is 18.6 Å². The maximum Gasteiger partial charge on any atom is 0.407 e. The van der Waals surface area contributed by atoms with E-state index in [1.807, 2.05) is 6.92 Å². The molecule has 1 heterocycles. The van der Waals surface area contributed by atoms with Crippen molar-refractivity contribution in [1.29, 1.82) is 0 Å². The molecule has 10 heteroatoms. The third-order valence-corrected chi connectivity index (χ3v) is 8.51. The number of hydrogen-bond donors (Lipinski definition) is 3. The molecule has 0 radical (unpaired) electrons. The fourth-order valence-corrected chi connectivity index (χ4v) is 6.38. The van der Waals surface area contributed by atoms with Crippen molar-refractivity contribution in [3.05, 3.63) is 29.8 Å². The van der Waals surface area contributed by atoms with Crippen molar-refractivity contribution >= 4 is 29.6 Å². The number of halogens is 1. The minimum atomic E-state index is -1.04. The molecule has 4 unspecified atom stereocenters. The number of likely N-dealkylation sites (tertiary alicyclic amines) is 1. The molecule has 2 fully saturated rings. The van der Waals surface area contributed by atoms with E-state index >= 15 is 0 Å². The Morgan fingerprint density at radius 3 is 2.29 bits per heavy atom. The van der Waals surface area contributed by atoms with Gasteiger partial charge in [-0.25, -0.2) is 14.0 Å². The second-order valence-electron chi connectivity index (χ2n) is 12.7. The van der Waals surface area contributed by atoms with Gasteiger partial charge in [0, 0.05) is 18.2 Å². The Kier molecular flexibility index (Phi) is 12.2. The fraction of sp³-hybridized carbons (Fsp3) is 0.688. The molecule has 42 heavy (non-hydrogen) atoms. The van der Waals surface area contributed by atoms with Crippen LogP contribution in [0.2, 0.25) is 0 Å². The Morgan fingerprint density at radius 1 is 1.05 bits per heavy atom. The summed E-state index contributed by atoms with van der Waals surface area (Å²) in [5.74, 6) is -1.21. The molecule has 1 aliphatic carbocycles. The number of ether oxygens (including phenoxy) is 1. The first kappa shape index (κ1) is 33.3. The molecule has 3 N–H and O–H groups in total. The molecule has 1 aliphatic heterocycles. The number of carbonyl (C=O) groups is 4. The van der Waals surface area contributed by atoms with Crippen LogP contribution in [-0.4, -0.2) is 64.8 Å². The lowest BCUT2D eigenvalue weighted by Crippen LogP contribution is -2.49. The minimum absolute atomic E-state index is 0.0610. The highest BCUT2D eigenvalue weighted by atomic mass is 19.1. The van der Waals surface area contributed by atoms with Crippen LogP contribution in [0.3, 0.4) is 0 Å². The Bertz CT molecular complexity index is 1070. The third kappa shape index (κ3) is 9.42. The monoisotopic (exact) mass is 589 g/mol. The molecule has 0 spiro atoms. The van der Waals surface area contributed by atoms with E-state index in [2.05, 4.69) is 10.6 Å². The number of rotatable bonds is 12. The van der Waals surface area contributed by atoms with Crippen molar-refractivity contribution < 1.29 is 33.4 Å². The van der Waals surface area contributed by atoms with Crippen LogP contribution < -0.4 is 10.6 Å². The van der Waals surface area contributed by atoms with Gasteiger partial charge in [-0.3, -0.25) is 9.59 Å². The maximum atomic E-state index is 13.9. The SMILES string of the molecule is CCC(CCCC(CF)NC(=O)OC(C)(C)C)C(=O)N1CCC(C2CCCCC2)C1C(=O)Nc1ccc(C(=O)O)cc1. The molecule has 1 aromatic rings. The highest BCUT2D eigenvalue weighted by Crippen LogP contribution is 2.40. The van der Waals surface area contributed by atoms with Gasteiger partial charge in [-0.2, -0.15) is 0 Å². The summed E-state index contributed by atoms with van der Waals surface area (Å²) in [5, 5.41) is 14.7. The fourth-order valence-electron chi connectivity index (χ4n) is 6.38. The standard InChI is InChI=1S/C32H48FN3O6/c1-5-21(12-9-13-25(20-33)35-31(41)42-32(2,3)4)29(38)36-19-18-26(22-10-7-6-8-11-22)27(36)28(37)34-24-16-14-23(15-17-24)30(39)40/h14-17,21-22,25-27H,5-13,18-20H2,1-4H3,(H,34,37)(H,35,41)(H,39,40). The zero-order chi connectivity index (χ0) is 30.9. The van der Waals surface area contributed by atoms with Gasteiger partial charge in [0.25, 0.3) is 0 Å². The second-order valence-corrected chi connectivity index (χ2v) is 12.7. The van der Waals surface area contributed by atoms with E-state index in [0.29, 0.717) is 43.8 Å². The summed E-state index contributed by atoms with van der Waals surface area (Å²) in [6.45, 7) is 6.97. The molecule has 0 bridgehead atoms. The molecule has 1 saturated carbocycles. The Hall–Kier alpha value is -3.17. The maximum absolute atomic E-state index is 13.9. The molecular weight excluding hydrogens is 541 g/mol. The van der Waals surface area contributed by atoms with Crippen molar-refractivity contribution in [3.63, 3.8) is 0 Å². The summed E-state index contributed by atoms with van der Waals surface area (Å²) in [4.78, 5) is 52.7. The number of alkyl halides is 1. The number of carboxylic acid groups (broad SMARTS) is 1. The first-order chi connectivity index (χ1) is 19.9. The van der Waals surface area contributed by atoms with Gasteiger partial charge in [-0.1, -0.05) is 45.4 Å². The number of carbonyl (C=O) groups excluding carboxylic acids is 3. The van der Waals surface area contributed by atoms with Crippen LogP contribution >= 0.6 is 0 Å². The Morgan fingerprint density at radius 2 is 1.71 bits per heavy atom. The van der Waals surface area contributed by atoms with Gasteiger partial charge < -0.3 is 25.4 Å². The predicted molar refractivity (Wildman–Crippen MR) is 159 cm³/mol. The van der Waals surface area contributed by atoms with Crippen molar-refractivity contribution in [2.75, 3.05) is 18.5 Å². The molecular formula is C32H48FN3O6. The Labute approximate surface area is 248 Å². The number of aromatic carboxylic acids is 1. The van der Waals surface area contributed by atoms with Crippen molar-refractivity contribution in [2.24, 2.45) is 17.8 Å². The lowest BCUT2D eigenvalue weighted by Gasteiger charge is -2.35. The quantitative estimate of drug-likeness (QED) is 0.267. The number of alkyl carbamates (subject to hydrolysis) is 1. The van der Waals surface area contributed by atoms with E-state index in [9.17, 15) is 28.7 Å². The zero-order valence-corrected chi connectivity index (χ0v) is 25.5. The number of nitrogens with zero attached hydrogens (tertiary/aromatic N) is 1. The largest absolute Gasteiger partial charge is 0.478 e. The van der Waals surface area contributed by atoms with E-state index in [4.69, 9.17) is 4.74 Å². The highest BCUT2D eigenvalue weighted by Gasteiger charge is 2.46. The first-order valence-electron chi connectivity index (χ1n) is 15.4. The topological polar surface area (TPSA) is 125 Å². The first-order valence-corrected chi connectivity index (χ1v) is 15.4. The molecule has 9 nitrogen and oxygen atoms in total.